The Morgan fingerprint density at radius 3 is 2.07 bits per heavy atom. The third-order valence-electron chi connectivity index (χ3n) is 3.72. The summed E-state index contributed by atoms with van der Waals surface area (Å²) in [6.07, 6.45) is -0.615. The molecule has 0 radical (unpaired) electrons. The topological polar surface area (TPSA) is 93.7 Å². The first-order chi connectivity index (χ1) is 13.1. The van der Waals surface area contributed by atoms with E-state index in [1.54, 1.807) is 32.9 Å². The number of para-hydroxylation sites is 1. The fourth-order valence-corrected chi connectivity index (χ4v) is 2.41. The lowest BCUT2D eigenvalue weighted by Crippen LogP contribution is -2.27. The van der Waals surface area contributed by atoms with Crippen LogP contribution in [0.5, 0.6) is 0 Å². The van der Waals surface area contributed by atoms with Crippen LogP contribution < -0.4 is 10.6 Å². The molecule has 0 aliphatic carbocycles. The van der Waals surface area contributed by atoms with Crippen molar-refractivity contribution in [3.05, 3.63) is 59.2 Å². The van der Waals surface area contributed by atoms with E-state index in [1.165, 1.54) is 31.4 Å². The fraction of sp³-hybridized carbons (Fsp3) is 0.286. The molecule has 148 valence electrons. The highest BCUT2D eigenvalue weighted by molar-refractivity contribution is 6.07. The normalized spacial score (nSPS) is 10.8. The van der Waals surface area contributed by atoms with E-state index >= 15 is 0 Å². The number of rotatable bonds is 4. The lowest BCUT2D eigenvalue weighted by atomic mass is 10.1. The van der Waals surface area contributed by atoms with Crippen molar-refractivity contribution in [1.29, 1.82) is 0 Å². The third-order valence-corrected chi connectivity index (χ3v) is 3.72. The van der Waals surface area contributed by atoms with Gasteiger partial charge in [0.25, 0.3) is 5.91 Å². The van der Waals surface area contributed by atoms with Gasteiger partial charge in [-0.25, -0.2) is 9.59 Å². The van der Waals surface area contributed by atoms with Gasteiger partial charge in [-0.2, -0.15) is 0 Å². The maximum absolute atomic E-state index is 12.6. The van der Waals surface area contributed by atoms with Gasteiger partial charge in [-0.3, -0.25) is 10.1 Å². The van der Waals surface area contributed by atoms with Crippen molar-refractivity contribution in [3.63, 3.8) is 0 Å². The van der Waals surface area contributed by atoms with Gasteiger partial charge in [0.2, 0.25) is 0 Å². The van der Waals surface area contributed by atoms with E-state index in [1.807, 2.05) is 13.0 Å². The van der Waals surface area contributed by atoms with Crippen LogP contribution in [0.15, 0.2) is 42.5 Å². The highest BCUT2D eigenvalue weighted by atomic mass is 16.6. The number of aryl methyl sites for hydroxylation is 1. The summed E-state index contributed by atoms with van der Waals surface area (Å²) in [6, 6.07) is 11.3. The zero-order valence-electron chi connectivity index (χ0n) is 16.6. The Morgan fingerprint density at radius 2 is 1.50 bits per heavy atom. The maximum atomic E-state index is 12.6. The number of nitrogens with one attached hydrogen (secondary N) is 2. The monoisotopic (exact) mass is 384 g/mol. The molecule has 7 nitrogen and oxygen atoms in total. The zero-order valence-corrected chi connectivity index (χ0v) is 16.6. The number of carbonyl (C=O) groups excluding carboxylic acids is 3. The second-order valence-electron chi connectivity index (χ2n) is 7.15. The highest BCUT2D eigenvalue weighted by Gasteiger charge is 2.19. The lowest BCUT2D eigenvalue weighted by molar-refractivity contribution is 0.0598. The summed E-state index contributed by atoms with van der Waals surface area (Å²) < 4.78 is 9.91. The first-order valence-electron chi connectivity index (χ1n) is 8.70. The van der Waals surface area contributed by atoms with Gasteiger partial charge in [0.15, 0.2) is 0 Å². The molecular formula is C21H24N2O5. The van der Waals surface area contributed by atoms with E-state index in [-0.39, 0.29) is 5.91 Å². The number of esters is 1. The van der Waals surface area contributed by atoms with Crippen LogP contribution in [-0.2, 0) is 9.47 Å². The second kappa shape index (κ2) is 8.56. The number of methoxy groups -OCH3 is 1. The van der Waals surface area contributed by atoms with E-state index in [4.69, 9.17) is 4.74 Å². The Morgan fingerprint density at radius 1 is 0.893 bits per heavy atom. The van der Waals surface area contributed by atoms with Gasteiger partial charge in [-0.1, -0.05) is 12.1 Å². The fourth-order valence-electron chi connectivity index (χ4n) is 2.41. The molecule has 2 N–H and O–H groups in total. The van der Waals surface area contributed by atoms with E-state index in [9.17, 15) is 14.4 Å². The minimum atomic E-state index is -0.640. The molecular weight excluding hydrogens is 360 g/mol. The van der Waals surface area contributed by atoms with Gasteiger partial charge in [0, 0.05) is 5.56 Å². The highest BCUT2D eigenvalue weighted by Crippen LogP contribution is 2.27. The quantitative estimate of drug-likeness (QED) is 0.763. The summed E-state index contributed by atoms with van der Waals surface area (Å²) in [6.45, 7) is 7.12. The molecule has 2 aromatic carbocycles. The van der Waals surface area contributed by atoms with E-state index in [0.717, 1.165) is 5.56 Å². The predicted molar refractivity (Wildman–Crippen MR) is 107 cm³/mol. The number of carbonyl (C=O) groups is 3. The molecule has 0 fully saturated rings. The van der Waals surface area contributed by atoms with E-state index in [2.05, 4.69) is 15.4 Å². The number of anilines is 2. The first-order valence-corrected chi connectivity index (χ1v) is 8.70. The molecule has 0 aliphatic heterocycles. The molecule has 0 spiro atoms. The Bertz CT molecular complexity index is 883. The minimum absolute atomic E-state index is 0.349. The third kappa shape index (κ3) is 5.57. The molecule has 0 bridgehead atoms. The molecule has 2 amide bonds. The van der Waals surface area contributed by atoms with Gasteiger partial charge in [-0.15, -0.1) is 0 Å². The molecule has 0 heterocycles. The van der Waals surface area contributed by atoms with Crippen LogP contribution in [0, 0.1) is 6.92 Å². The number of hydrogen-bond donors (Lipinski definition) is 2. The van der Waals surface area contributed by atoms with Crippen molar-refractivity contribution in [2.45, 2.75) is 33.3 Å². The zero-order chi connectivity index (χ0) is 20.9. The van der Waals surface area contributed by atoms with Crippen LogP contribution in [0.4, 0.5) is 16.2 Å². The molecule has 0 aromatic heterocycles. The summed E-state index contributed by atoms with van der Waals surface area (Å²) in [4.78, 5) is 36.2. The summed E-state index contributed by atoms with van der Waals surface area (Å²) in [5.41, 5.74) is 1.73. The number of ether oxygens (including phenoxy) is 2. The van der Waals surface area contributed by atoms with Gasteiger partial charge < -0.3 is 14.8 Å². The number of benzene rings is 2. The van der Waals surface area contributed by atoms with E-state index < -0.39 is 17.7 Å². The largest absolute Gasteiger partial charge is 0.465 e. The van der Waals surface area contributed by atoms with Crippen molar-refractivity contribution in [2.24, 2.45) is 0 Å². The van der Waals surface area contributed by atoms with Crippen LogP contribution in [0.1, 0.15) is 47.1 Å². The lowest BCUT2D eigenvalue weighted by Gasteiger charge is -2.21. The number of hydrogen-bond acceptors (Lipinski definition) is 5. The molecule has 2 rings (SSSR count). The Hall–Kier alpha value is -3.35. The van der Waals surface area contributed by atoms with Gasteiger partial charge in [-0.05, 0) is 63.6 Å². The smallest absolute Gasteiger partial charge is 0.412 e. The van der Waals surface area contributed by atoms with Crippen molar-refractivity contribution in [2.75, 3.05) is 17.7 Å². The van der Waals surface area contributed by atoms with Crippen LogP contribution in [0.2, 0.25) is 0 Å². The van der Waals surface area contributed by atoms with Crippen LogP contribution >= 0.6 is 0 Å². The van der Waals surface area contributed by atoms with Crippen LogP contribution in [0.3, 0.4) is 0 Å². The Kier molecular flexibility index (Phi) is 6.41. The van der Waals surface area contributed by atoms with E-state index in [0.29, 0.717) is 22.5 Å². The molecule has 0 atom stereocenters. The standard InChI is InChI=1S/C21H24N2O5/c1-13-7-6-8-16(22-20(26)28-21(2,3)4)17(13)23-18(24)14-9-11-15(12-10-14)19(25)27-5/h6-12H,1-5H3,(H,22,26)(H,23,24). The van der Waals surface area contributed by atoms with Crippen molar-refractivity contribution in [1.82, 2.24) is 0 Å². The average Bonchev–Trinajstić information content (AvgIpc) is 2.62. The summed E-state index contributed by atoms with van der Waals surface area (Å²) in [5.74, 6) is -0.854. The molecule has 0 unspecified atom stereocenters. The van der Waals surface area contributed by atoms with Crippen molar-refractivity contribution < 1.29 is 23.9 Å². The Labute approximate surface area is 164 Å². The molecule has 0 saturated heterocycles. The van der Waals surface area contributed by atoms with Gasteiger partial charge in [0.1, 0.15) is 5.60 Å². The SMILES string of the molecule is COC(=O)c1ccc(C(=O)Nc2c(C)cccc2NC(=O)OC(C)(C)C)cc1. The van der Waals surface area contributed by atoms with Crippen LogP contribution in [0.25, 0.3) is 0 Å². The van der Waals surface area contributed by atoms with Crippen molar-refractivity contribution >= 4 is 29.3 Å². The van der Waals surface area contributed by atoms with Gasteiger partial charge >= 0.3 is 12.1 Å². The second-order valence-corrected chi connectivity index (χ2v) is 7.15. The number of amides is 2. The van der Waals surface area contributed by atoms with Crippen molar-refractivity contribution in [3.8, 4) is 0 Å². The molecule has 0 aliphatic rings. The van der Waals surface area contributed by atoms with Gasteiger partial charge in [0.05, 0.1) is 24.0 Å². The molecule has 28 heavy (non-hydrogen) atoms. The Balaban J connectivity index is 2.20. The average molecular weight is 384 g/mol. The molecule has 7 heteroatoms. The predicted octanol–water partition coefficient (Wildman–Crippen LogP) is 4.38. The summed E-state index contributed by atoms with van der Waals surface area (Å²) >= 11 is 0. The molecule has 2 aromatic rings. The minimum Gasteiger partial charge on any atom is -0.465 e. The first kappa shape index (κ1) is 21.0. The maximum Gasteiger partial charge on any atom is 0.412 e. The molecule has 0 saturated carbocycles. The summed E-state index contributed by atoms with van der Waals surface area (Å²) in [7, 11) is 1.29. The summed E-state index contributed by atoms with van der Waals surface area (Å²) in [5, 5.41) is 5.46. The van der Waals surface area contributed by atoms with Crippen LogP contribution in [-0.4, -0.2) is 30.7 Å².